The van der Waals surface area contributed by atoms with E-state index in [9.17, 15) is 28.1 Å². The second-order valence-corrected chi connectivity index (χ2v) is 7.57. The van der Waals surface area contributed by atoms with Crippen LogP contribution >= 0.6 is 0 Å². The van der Waals surface area contributed by atoms with Gasteiger partial charge >= 0.3 is 5.97 Å². The van der Waals surface area contributed by atoms with Gasteiger partial charge in [0.25, 0.3) is 11.6 Å². The number of sulfone groups is 1. The average molecular weight is 358 g/mol. The van der Waals surface area contributed by atoms with E-state index >= 15 is 0 Å². The minimum Gasteiger partial charge on any atom is -0.480 e. The van der Waals surface area contributed by atoms with Gasteiger partial charge in [0.05, 0.1) is 10.7 Å². The summed E-state index contributed by atoms with van der Waals surface area (Å²) in [6, 6.07) is 2.48. The van der Waals surface area contributed by atoms with Gasteiger partial charge in [-0.2, -0.15) is 0 Å². The summed E-state index contributed by atoms with van der Waals surface area (Å²) >= 11 is 0. The molecule has 0 aromatic heterocycles. The lowest BCUT2D eigenvalue weighted by Crippen LogP contribution is -2.42. The Hall–Kier alpha value is -2.49. The summed E-state index contributed by atoms with van der Waals surface area (Å²) in [7, 11) is -3.38. The minimum absolute atomic E-state index is 0.0335. The largest absolute Gasteiger partial charge is 0.480 e. The van der Waals surface area contributed by atoms with Gasteiger partial charge in [0, 0.05) is 22.9 Å². The van der Waals surface area contributed by atoms with Crippen LogP contribution in [0.2, 0.25) is 0 Å². The average Bonchev–Trinajstić information content (AvgIpc) is 2.50. The van der Waals surface area contributed by atoms with Crippen LogP contribution in [0.15, 0.2) is 18.2 Å². The first-order chi connectivity index (χ1) is 11.1. The van der Waals surface area contributed by atoms with Crippen molar-refractivity contribution in [3.63, 3.8) is 0 Å². The van der Waals surface area contributed by atoms with Gasteiger partial charge in [-0.1, -0.05) is 13.0 Å². The predicted octanol–water partition coefficient (Wildman–Crippen LogP) is 0.911. The molecular formula is C14H18N2O7S. The van der Waals surface area contributed by atoms with Crippen molar-refractivity contribution in [2.45, 2.75) is 26.3 Å². The third kappa shape index (κ3) is 5.01. The molecule has 0 radical (unpaired) electrons. The maximum absolute atomic E-state index is 12.2. The van der Waals surface area contributed by atoms with E-state index in [1.165, 1.54) is 32.0 Å². The first kappa shape index (κ1) is 19.6. The van der Waals surface area contributed by atoms with Gasteiger partial charge in [-0.05, 0) is 19.4 Å². The molecule has 0 aliphatic rings. The lowest BCUT2D eigenvalue weighted by atomic mass is 10.1. The van der Waals surface area contributed by atoms with Gasteiger partial charge in [-0.3, -0.25) is 14.9 Å². The fraction of sp³-hybridized carbons (Fsp3) is 0.429. The Bertz CT molecular complexity index is 758. The van der Waals surface area contributed by atoms with Gasteiger partial charge < -0.3 is 10.4 Å². The van der Waals surface area contributed by atoms with Crippen molar-refractivity contribution in [2.75, 3.05) is 11.5 Å². The fourth-order valence-corrected chi connectivity index (χ4v) is 2.89. The van der Waals surface area contributed by atoms with Crippen LogP contribution in [0.1, 0.15) is 29.3 Å². The molecule has 1 rings (SSSR count). The Labute approximate surface area is 138 Å². The molecule has 0 heterocycles. The molecule has 0 fully saturated rings. The Kier molecular flexibility index (Phi) is 6.41. The number of rotatable bonds is 8. The molecular weight excluding hydrogens is 340 g/mol. The maximum Gasteiger partial charge on any atom is 0.326 e. The number of nitrogens with zero attached hydrogens (tertiary/aromatic N) is 1. The number of nitro groups is 1. The lowest BCUT2D eigenvalue weighted by Gasteiger charge is -2.15. The van der Waals surface area contributed by atoms with Gasteiger partial charge in [-0.25, -0.2) is 13.2 Å². The van der Waals surface area contributed by atoms with Crippen LogP contribution < -0.4 is 5.32 Å². The summed E-state index contributed by atoms with van der Waals surface area (Å²) in [5.74, 6) is -2.69. The Morgan fingerprint density at radius 1 is 1.38 bits per heavy atom. The predicted molar refractivity (Wildman–Crippen MR) is 85.7 cm³/mol. The molecule has 0 bridgehead atoms. The van der Waals surface area contributed by atoms with Crippen LogP contribution in [0, 0.1) is 17.0 Å². The first-order valence-corrected chi connectivity index (χ1v) is 8.89. The number of hydrogen-bond acceptors (Lipinski definition) is 6. The lowest BCUT2D eigenvalue weighted by molar-refractivity contribution is -0.385. The monoisotopic (exact) mass is 358 g/mol. The summed E-state index contributed by atoms with van der Waals surface area (Å²) in [5, 5.41) is 22.2. The molecule has 0 aliphatic carbocycles. The zero-order valence-corrected chi connectivity index (χ0v) is 14.0. The first-order valence-electron chi connectivity index (χ1n) is 7.07. The number of benzene rings is 1. The summed E-state index contributed by atoms with van der Waals surface area (Å²) < 4.78 is 23.0. The van der Waals surface area contributed by atoms with E-state index in [0.29, 0.717) is 0 Å². The highest BCUT2D eigenvalue weighted by atomic mass is 32.2. The van der Waals surface area contributed by atoms with Crippen LogP contribution in [0.5, 0.6) is 0 Å². The smallest absolute Gasteiger partial charge is 0.326 e. The quantitative estimate of drug-likeness (QED) is 0.519. The summed E-state index contributed by atoms with van der Waals surface area (Å²) in [5.41, 5.74) is -0.192. The zero-order valence-electron chi connectivity index (χ0n) is 13.2. The number of hydrogen-bond donors (Lipinski definition) is 2. The van der Waals surface area contributed by atoms with E-state index in [2.05, 4.69) is 5.32 Å². The Morgan fingerprint density at radius 3 is 2.50 bits per heavy atom. The standard InChI is InChI=1S/C14H18N2O7S/c1-3-24(22,23)8-7-11(14(18)19)15-13(17)10-5-4-6-12(9(10)2)16(20)21/h4-6,11H,3,7-8H2,1-2H3,(H,15,17)(H,18,19). The molecule has 1 aromatic rings. The molecule has 0 spiro atoms. The number of nitro benzene ring substituents is 1. The van der Waals surface area contributed by atoms with Crippen molar-refractivity contribution in [1.29, 1.82) is 0 Å². The summed E-state index contributed by atoms with van der Waals surface area (Å²) in [4.78, 5) is 33.7. The molecule has 24 heavy (non-hydrogen) atoms. The normalized spacial score (nSPS) is 12.4. The van der Waals surface area contributed by atoms with Crippen molar-refractivity contribution in [2.24, 2.45) is 0 Å². The van der Waals surface area contributed by atoms with Crippen LogP contribution in [0.25, 0.3) is 0 Å². The second-order valence-electron chi connectivity index (χ2n) is 5.10. The van der Waals surface area contributed by atoms with Crippen LogP contribution in [-0.4, -0.2) is 47.9 Å². The molecule has 0 saturated heterocycles. The SMILES string of the molecule is CCS(=O)(=O)CCC(NC(=O)c1cccc([N+](=O)[O-])c1C)C(=O)O. The molecule has 1 amide bonds. The number of carbonyl (C=O) groups is 2. The topological polar surface area (TPSA) is 144 Å². The van der Waals surface area contributed by atoms with Crippen molar-refractivity contribution in [3.05, 3.63) is 39.4 Å². The van der Waals surface area contributed by atoms with Crippen molar-refractivity contribution in [1.82, 2.24) is 5.32 Å². The molecule has 132 valence electrons. The molecule has 2 N–H and O–H groups in total. The molecule has 1 atom stereocenters. The molecule has 1 aromatic carbocycles. The Balaban J connectivity index is 2.96. The Morgan fingerprint density at radius 2 is 2.00 bits per heavy atom. The highest BCUT2D eigenvalue weighted by Gasteiger charge is 2.25. The molecule has 10 heteroatoms. The molecule has 0 aliphatic heterocycles. The van der Waals surface area contributed by atoms with Gasteiger partial charge in [0.1, 0.15) is 15.9 Å². The van der Waals surface area contributed by atoms with E-state index in [1.54, 1.807) is 0 Å². The van der Waals surface area contributed by atoms with E-state index < -0.39 is 32.7 Å². The van der Waals surface area contributed by atoms with E-state index in [4.69, 9.17) is 5.11 Å². The highest BCUT2D eigenvalue weighted by molar-refractivity contribution is 7.91. The third-order valence-electron chi connectivity index (χ3n) is 3.51. The van der Waals surface area contributed by atoms with Gasteiger partial charge in [-0.15, -0.1) is 0 Å². The van der Waals surface area contributed by atoms with Crippen LogP contribution in [0.4, 0.5) is 5.69 Å². The van der Waals surface area contributed by atoms with Gasteiger partial charge in [0.15, 0.2) is 0 Å². The summed E-state index contributed by atoms with van der Waals surface area (Å²) in [6.45, 7) is 2.82. The number of amides is 1. The zero-order chi connectivity index (χ0) is 18.5. The van der Waals surface area contributed by atoms with Crippen LogP contribution in [0.3, 0.4) is 0 Å². The minimum atomic E-state index is -3.38. The van der Waals surface area contributed by atoms with Crippen molar-refractivity contribution >= 4 is 27.4 Å². The van der Waals surface area contributed by atoms with Crippen molar-refractivity contribution < 1.29 is 28.0 Å². The molecule has 9 nitrogen and oxygen atoms in total. The van der Waals surface area contributed by atoms with Crippen molar-refractivity contribution in [3.8, 4) is 0 Å². The summed E-state index contributed by atoms with van der Waals surface area (Å²) in [6.07, 6.45) is -0.286. The molecule has 0 saturated carbocycles. The number of carbonyl (C=O) groups excluding carboxylic acids is 1. The van der Waals surface area contributed by atoms with E-state index in [0.717, 1.165) is 0 Å². The number of nitrogens with one attached hydrogen (secondary N) is 1. The molecule has 1 unspecified atom stereocenters. The van der Waals surface area contributed by atoms with Gasteiger partial charge in [0.2, 0.25) is 0 Å². The number of carboxylic acids is 1. The maximum atomic E-state index is 12.2. The third-order valence-corrected chi connectivity index (χ3v) is 5.24. The highest BCUT2D eigenvalue weighted by Crippen LogP contribution is 2.21. The fourth-order valence-electron chi connectivity index (χ4n) is 2.00. The number of aliphatic carboxylic acids is 1. The van der Waals surface area contributed by atoms with E-state index in [1.807, 2.05) is 0 Å². The van der Waals surface area contributed by atoms with E-state index in [-0.39, 0.29) is 34.7 Å². The number of carboxylic acid groups (broad SMARTS) is 1. The second kappa shape index (κ2) is 7.86. The van der Waals surface area contributed by atoms with Crippen LogP contribution in [-0.2, 0) is 14.6 Å².